The summed E-state index contributed by atoms with van der Waals surface area (Å²) in [5.41, 5.74) is 5.40. The van der Waals surface area contributed by atoms with Gasteiger partial charge in [-0.3, -0.25) is 4.79 Å². The number of fused-ring (bicyclic) bond motifs is 1. The van der Waals surface area contributed by atoms with E-state index in [1.807, 2.05) is 0 Å². The molecular formula is C20H19FN4O4. The number of rotatable bonds is 4. The number of anilines is 1. The van der Waals surface area contributed by atoms with Crippen LogP contribution in [0.25, 0.3) is 16.7 Å². The third-order valence-corrected chi connectivity index (χ3v) is 5.02. The first kappa shape index (κ1) is 18.9. The monoisotopic (exact) mass is 398 g/mol. The molecule has 0 aliphatic carbocycles. The Morgan fingerprint density at radius 3 is 2.66 bits per heavy atom. The Bertz CT molecular complexity index is 1160. The number of halogens is 1. The summed E-state index contributed by atoms with van der Waals surface area (Å²) in [7, 11) is 1.53. The molecule has 1 aliphatic heterocycles. The Balaban J connectivity index is 1.99. The van der Waals surface area contributed by atoms with E-state index in [1.54, 1.807) is 29.2 Å². The molecule has 1 unspecified atom stereocenters. The number of pyridine rings is 2. The van der Waals surface area contributed by atoms with Gasteiger partial charge in [-0.25, -0.2) is 14.2 Å². The second kappa shape index (κ2) is 7.17. The fourth-order valence-corrected chi connectivity index (χ4v) is 3.51. The van der Waals surface area contributed by atoms with Crippen LogP contribution in [0.3, 0.4) is 0 Å². The molecule has 1 aliphatic rings. The predicted molar refractivity (Wildman–Crippen MR) is 106 cm³/mol. The number of carboxylic acids is 1. The third kappa shape index (κ3) is 3.29. The van der Waals surface area contributed by atoms with E-state index < -0.39 is 22.8 Å². The van der Waals surface area contributed by atoms with Crippen LogP contribution < -0.4 is 20.8 Å². The molecule has 0 saturated carbocycles. The molecule has 9 heteroatoms. The number of hydrogen-bond donors (Lipinski definition) is 2. The van der Waals surface area contributed by atoms with Crippen molar-refractivity contribution in [3.05, 3.63) is 58.1 Å². The van der Waals surface area contributed by atoms with Crippen molar-refractivity contribution in [1.82, 2.24) is 9.55 Å². The number of nitrogens with zero attached hydrogens (tertiary/aromatic N) is 3. The van der Waals surface area contributed by atoms with Gasteiger partial charge in [-0.05, 0) is 36.8 Å². The van der Waals surface area contributed by atoms with Crippen LogP contribution in [0.15, 0.2) is 41.3 Å². The van der Waals surface area contributed by atoms with E-state index in [9.17, 15) is 19.1 Å². The minimum atomic E-state index is -1.39. The van der Waals surface area contributed by atoms with Crippen molar-refractivity contribution < 1.29 is 19.0 Å². The zero-order valence-corrected chi connectivity index (χ0v) is 15.6. The molecule has 0 radical (unpaired) electrons. The first-order valence-electron chi connectivity index (χ1n) is 9.03. The zero-order chi connectivity index (χ0) is 20.7. The lowest BCUT2D eigenvalue weighted by atomic mass is 10.1. The Morgan fingerprint density at radius 2 is 2.07 bits per heavy atom. The zero-order valence-electron chi connectivity index (χ0n) is 15.6. The van der Waals surface area contributed by atoms with Gasteiger partial charge in [-0.2, -0.15) is 0 Å². The Kier molecular flexibility index (Phi) is 4.67. The van der Waals surface area contributed by atoms with Crippen LogP contribution in [-0.4, -0.2) is 46.9 Å². The number of hydrogen-bond acceptors (Lipinski definition) is 6. The van der Waals surface area contributed by atoms with Gasteiger partial charge in [0.1, 0.15) is 11.3 Å². The number of aromatic carboxylic acids is 1. The minimum absolute atomic E-state index is 0.0786. The Labute approximate surface area is 164 Å². The molecule has 0 amide bonds. The number of carbonyl (C=O) groups is 1. The highest BCUT2D eigenvalue weighted by molar-refractivity contribution is 5.92. The topological polar surface area (TPSA) is 111 Å². The van der Waals surface area contributed by atoms with Gasteiger partial charge in [0.2, 0.25) is 5.43 Å². The molecule has 8 nitrogen and oxygen atoms in total. The summed E-state index contributed by atoms with van der Waals surface area (Å²) in [6.07, 6.45) is 1.92. The summed E-state index contributed by atoms with van der Waals surface area (Å²) in [4.78, 5) is 30.3. The third-order valence-electron chi connectivity index (χ3n) is 5.02. The predicted octanol–water partition coefficient (Wildman–Crippen LogP) is 1.77. The van der Waals surface area contributed by atoms with Crippen molar-refractivity contribution in [3.63, 3.8) is 0 Å². The highest BCUT2D eigenvalue weighted by atomic mass is 19.1. The van der Waals surface area contributed by atoms with E-state index in [0.717, 1.165) is 6.07 Å². The molecule has 3 aromatic rings. The van der Waals surface area contributed by atoms with Crippen molar-refractivity contribution in [1.29, 1.82) is 0 Å². The molecule has 0 bridgehead atoms. The summed E-state index contributed by atoms with van der Waals surface area (Å²) >= 11 is 0. The fraction of sp³-hybridized carbons (Fsp3) is 0.250. The molecule has 150 valence electrons. The highest BCUT2D eigenvalue weighted by Gasteiger charge is 2.25. The summed E-state index contributed by atoms with van der Waals surface area (Å²) < 4.78 is 21.4. The first-order valence-corrected chi connectivity index (χ1v) is 9.03. The first-order chi connectivity index (χ1) is 13.9. The molecule has 1 aromatic carbocycles. The van der Waals surface area contributed by atoms with E-state index in [-0.39, 0.29) is 22.9 Å². The number of benzene rings is 1. The van der Waals surface area contributed by atoms with Crippen molar-refractivity contribution in [2.45, 2.75) is 12.5 Å². The van der Waals surface area contributed by atoms with Gasteiger partial charge < -0.3 is 25.0 Å². The van der Waals surface area contributed by atoms with Crippen molar-refractivity contribution in [2.75, 3.05) is 25.1 Å². The van der Waals surface area contributed by atoms with Crippen molar-refractivity contribution in [3.8, 4) is 11.4 Å². The molecule has 1 saturated heterocycles. The van der Waals surface area contributed by atoms with Crippen molar-refractivity contribution in [2.24, 2.45) is 5.73 Å². The second-order valence-corrected chi connectivity index (χ2v) is 6.90. The van der Waals surface area contributed by atoms with Gasteiger partial charge in [-0.15, -0.1) is 0 Å². The fourth-order valence-electron chi connectivity index (χ4n) is 3.51. The summed E-state index contributed by atoms with van der Waals surface area (Å²) in [6, 6.07) is 7.77. The van der Waals surface area contributed by atoms with Crippen LogP contribution in [-0.2, 0) is 0 Å². The molecular weight excluding hydrogens is 379 g/mol. The van der Waals surface area contributed by atoms with Crippen LogP contribution in [0.5, 0.6) is 5.75 Å². The van der Waals surface area contributed by atoms with Crippen LogP contribution >= 0.6 is 0 Å². The number of nitrogens with two attached hydrogens (primary N) is 1. The molecule has 1 fully saturated rings. The van der Waals surface area contributed by atoms with Gasteiger partial charge in [0, 0.05) is 31.0 Å². The van der Waals surface area contributed by atoms with Crippen LogP contribution in [0.1, 0.15) is 16.8 Å². The quantitative estimate of drug-likeness (QED) is 0.689. The van der Waals surface area contributed by atoms with Crippen LogP contribution in [0, 0.1) is 5.82 Å². The average Bonchev–Trinajstić information content (AvgIpc) is 3.14. The molecule has 0 spiro atoms. The number of ether oxygens (including phenoxy) is 1. The van der Waals surface area contributed by atoms with Gasteiger partial charge in [0.25, 0.3) is 0 Å². The summed E-state index contributed by atoms with van der Waals surface area (Å²) in [5.74, 6) is -1.37. The molecule has 4 rings (SSSR count). The maximum atomic E-state index is 14.8. The van der Waals surface area contributed by atoms with Crippen LogP contribution in [0.2, 0.25) is 0 Å². The minimum Gasteiger partial charge on any atom is -0.497 e. The van der Waals surface area contributed by atoms with E-state index in [1.165, 1.54) is 17.9 Å². The van der Waals surface area contributed by atoms with Gasteiger partial charge in [0.05, 0.1) is 12.5 Å². The lowest BCUT2D eigenvalue weighted by Gasteiger charge is -2.19. The molecule has 2 aromatic heterocycles. The van der Waals surface area contributed by atoms with E-state index in [2.05, 4.69) is 4.98 Å². The van der Waals surface area contributed by atoms with E-state index in [4.69, 9.17) is 10.5 Å². The maximum Gasteiger partial charge on any atom is 0.341 e. The number of carboxylic acid groups (broad SMARTS) is 1. The summed E-state index contributed by atoms with van der Waals surface area (Å²) in [6.45, 7) is 1.01. The highest BCUT2D eigenvalue weighted by Crippen LogP contribution is 2.26. The van der Waals surface area contributed by atoms with E-state index in [0.29, 0.717) is 30.9 Å². The normalized spacial score (nSPS) is 16.4. The summed E-state index contributed by atoms with van der Waals surface area (Å²) in [5, 5.41) is 9.33. The molecule has 3 heterocycles. The lowest BCUT2D eigenvalue weighted by molar-refractivity contribution is 0.0695. The molecule has 3 N–H and O–H groups in total. The smallest absolute Gasteiger partial charge is 0.341 e. The van der Waals surface area contributed by atoms with E-state index >= 15 is 0 Å². The van der Waals surface area contributed by atoms with Gasteiger partial charge in [0.15, 0.2) is 17.3 Å². The number of aromatic nitrogens is 2. The van der Waals surface area contributed by atoms with Gasteiger partial charge >= 0.3 is 5.97 Å². The standard InChI is InChI=1S/C20H19FN4O4/c1-29-13-4-2-12(3-5-13)25-10-15(20(27)28)17(26)14-8-16(21)19(23-18(14)25)24-7-6-11(22)9-24/h2-5,8,10-11H,6-7,9,22H2,1H3,(H,27,28). The van der Waals surface area contributed by atoms with Gasteiger partial charge in [-0.1, -0.05) is 0 Å². The molecule has 29 heavy (non-hydrogen) atoms. The van der Waals surface area contributed by atoms with Crippen molar-refractivity contribution >= 4 is 22.8 Å². The Hall–Kier alpha value is -3.46. The second-order valence-electron chi connectivity index (χ2n) is 6.90. The van der Waals surface area contributed by atoms with Crippen LogP contribution in [0.4, 0.5) is 10.2 Å². The Morgan fingerprint density at radius 1 is 1.34 bits per heavy atom. The molecule has 1 atom stereocenters. The average molecular weight is 398 g/mol. The maximum absolute atomic E-state index is 14.8. The SMILES string of the molecule is COc1ccc(-n2cc(C(=O)O)c(=O)c3cc(F)c(N4CCC(N)C4)nc32)cc1. The number of methoxy groups -OCH3 is 1. The lowest BCUT2D eigenvalue weighted by Crippen LogP contribution is -2.28. The largest absolute Gasteiger partial charge is 0.497 e.